The largest absolute Gasteiger partial charge is 0.381 e. The van der Waals surface area contributed by atoms with Crippen LogP contribution in [0, 0.1) is 59.7 Å². The summed E-state index contributed by atoms with van der Waals surface area (Å²) in [6.07, 6.45) is 3.12. The van der Waals surface area contributed by atoms with Crippen molar-refractivity contribution in [2.24, 2.45) is 5.92 Å². The lowest BCUT2D eigenvalue weighted by Crippen LogP contribution is -2.18. The fraction of sp³-hybridized carbons (Fsp3) is 0.379. The number of aromatic nitrogens is 2. The molecule has 5 rings (SSSR count). The molecule has 222 valence electrons. The maximum Gasteiger partial charge on any atom is 0.305 e. The minimum Gasteiger partial charge on any atom is -0.381 e. The molecule has 1 saturated heterocycles. The molecule has 0 amide bonds. The Balaban J connectivity index is 0.000000208. The zero-order valence-electron chi connectivity index (χ0n) is 23.8. The van der Waals surface area contributed by atoms with Crippen LogP contribution < -0.4 is 5.32 Å². The second-order valence-electron chi connectivity index (χ2n) is 10.1. The normalized spacial score (nSPS) is 13.4. The predicted octanol–water partition coefficient (Wildman–Crippen LogP) is 7.10. The number of nitro benzene ring substituents is 2. The minimum absolute atomic E-state index is 0.0736. The van der Waals surface area contributed by atoms with Gasteiger partial charge in [-0.1, -0.05) is 22.4 Å². The SMILES string of the molecule is Cc1noc(C)c1-c1ccc(F)c([N+](=O)[O-])c1.Cc1noc(C)c1-c1ccc(NCCC2CCOCC2)c([N+](=O)[O-])c1. The summed E-state index contributed by atoms with van der Waals surface area (Å²) in [5.74, 6) is 0.975. The van der Waals surface area contributed by atoms with Crippen molar-refractivity contribution in [2.45, 2.75) is 47.0 Å². The van der Waals surface area contributed by atoms with Gasteiger partial charge in [-0.05, 0) is 76.1 Å². The van der Waals surface area contributed by atoms with Gasteiger partial charge in [0.05, 0.1) is 21.2 Å². The van der Waals surface area contributed by atoms with E-state index in [0.29, 0.717) is 39.9 Å². The first-order chi connectivity index (χ1) is 20.1. The molecule has 13 heteroatoms. The molecule has 12 nitrogen and oxygen atoms in total. The van der Waals surface area contributed by atoms with Gasteiger partial charge in [0.25, 0.3) is 5.69 Å². The van der Waals surface area contributed by atoms with Gasteiger partial charge in [0.2, 0.25) is 5.82 Å². The zero-order chi connectivity index (χ0) is 30.4. The number of nitrogens with one attached hydrogen (secondary N) is 1. The van der Waals surface area contributed by atoms with Crippen LogP contribution in [0.5, 0.6) is 0 Å². The van der Waals surface area contributed by atoms with Gasteiger partial charge < -0.3 is 19.1 Å². The molecule has 42 heavy (non-hydrogen) atoms. The van der Waals surface area contributed by atoms with Gasteiger partial charge in [-0.3, -0.25) is 20.2 Å². The summed E-state index contributed by atoms with van der Waals surface area (Å²) < 4.78 is 28.7. The number of nitrogens with zero attached hydrogens (tertiary/aromatic N) is 4. The molecule has 1 aliphatic heterocycles. The molecule has 0 aliphatic carbocycles. The Kier molecular flexibility index (Phi) is 9.63. The molecule has 2 aromatic heterocycles. The van der Waals surface area contributed by atoms with Gasteiger partial charge in [-0.2, -0.15) is 4.39 Å². The molecular weight excluding hydrogens is 549 g/mol. The Hall–Kier alpha value is -4.65. The lowest BCUT2D eigenvalue weighted by Gasteiger charge is -2.22. The van der Waals surface area contributed by atoms with E-state index in [-0.39, 0.29) is 10.6 Å². The van der Waals surface area contributed by atoms with E-state index in [1.54, 1.807) is 32.9 Å². The van der Waals surface area contributed by atoms with Crippen molar-refractivity contribution < 1.29 is 28.0 Å². The number of benzene rings is 2. The monoisotopic (exact) mass is 581 g/mol. The minimum atomic E-state index is -0.856. The van der Waals surface area contributed by atoms with E-state index in [9.17, 15) is 24.6 Å². The topological polar surface area (TPSA) is 160 Å². The standard InChI is InChI=1S/C18H23N3O4.C11H9FN2O3/c1-12-18(13(2)25-20-12)15-3-4-16(17(11-15)21(22)23)19-8-5-14-6-9-24-10-7-14;1-6-11(7(2)17-13-6)8-3-4-9(12)10(5-8)14(15)16/h3-4,11,14,19H,5-10H2,1-2H3;3-5H,1-2H3. The van der Waals surface area contributed by atoms with Crippen LogP contribution in [-0.4, -0.2) is 39.9 Å². The van der Waals surface area contributed by atoms with E-state index >= 15 is 0 Å². The van der Waals surface area contributed by atoms with E-state index < -0.39 is 16.4 Å². The molecule has 0 radical (unpaired) electrons. The number of rotatable bonds is 8. The molecule has 1 fully saturated rings. The summed E-state index contributed by atoms with van der Waals surface area (Å²) in [7, 11) is 0. The average molecular weight is 582 g/mol. The van der Waals surface area contributed by atoms with Crippen LogP contribution in [0.25, 0.3) is 22.3 Å². The summed E-state index contributed by atoms with van der Waals surface area (Å²) >= 11 is 0. The summed E-state index contributed by atoms with van der Waals surface area (Å²) in [6.45, 7) is 9.41. The second-order valence-corrected chi connectivity index (χ2v) is 10.1. The summed E-state index contributed by atoms with van der Waals surface area (Å²) in [6, 6.07) is 8.94. The van der Waals surface area contributed by atoms with E-state index in [0.717, 1.165) is 61.9 Å². The van der Waals surface area contributed by atoms with Crippen molar-refractivity contribution in [1.29, 1.82) is 0 Å². The Morgan fingerprint density at radius 3 is 1.88 bits per heavy atom. The highest BCUT2D eigenvalue weighted by Crippen LogP contribution is 2.34. The quantitative estimate of drug-likeness (QED) is 0.168. The summed E-state index contributed by atoms with van der Waals surface area (Å²) in [4.78, 5) is 21.0. The molecule has 0 unspecified atom stereocenters. The number of ether oxygens (including phenoxy) is 1. The van der Waals surface area contributed by atoms with Gasteiger partial charge in [0, 0.05) is 43.0 Å². The van der Waals surface area contributed by atoms with Crippen LogP contribution in [0.2, 0.25) is 0 Å². The van der Waals surface area contributed by atoms with E-state index in [2.05, 4.69) is 15.6 Å². The molecule has 0 saturated carbocycles. The fourth-order valence-corrected chi connectivity index (χ4v) is 5.03. The molecule has 2 aromatic carbocycles. The lowest BCUT2D eigenvalue weighted by molar-refractivity contribution is -0.387. The van der Waals surface area contributed by atoms with Gasteiger partial charge in [-0.15, -0.1) is 0 Å². The maximum atomic E-state index is 13.2. The maximum absolute atomic E-state index is 13.2. The number of halogens is 1. The van der Waals surface area contributed by atoms with Crippen LogP contribution in [0.1, 0.15) is 42.2 Å². The highest BCUT2D eigenvalue weighted by molar-refractivity contribution is 5.75. The fourth-order valence-electron chi connectivity index (χ4n) is 5.03. The van der Waals surface area contributed by atoms with Crippen molar-refractivity contribution in [3.8, 4) is 22.3 Å². The number of hydrogen-bond donors (Lipinski definition) is 1. The van der Waals surface area contributed by atoms with Crippen molar-refractivity contribution in [3.05, 3.63) is 85.4 Å². The molecule has 3 heterocycles. The lowest BCUT2D eigenvalue weighted by atomic mass is 9.96. The van der Waals surface area contributed by atoms with Gasteiger partial charge in [0.15, 0.2) is 0 Å². The number of nitro groups is 2. The van der Waals surface area contributed by atoms with Crippen molar-refractivity contribution in [2.75, 3.05) is 25.1 Å². The van der Waals surface area contributed by atoms with Gasteiger partial charge in [0.1, 0.15) is 17.2 Å². The average Bonchev–Trinajstić information content (AvgIpc) is 3.49. The number of hydrogen-bond acceptors (Lipinski definition) is 10. The Morgan fingerprint density at radius 2 is 1.38 bits per heavy atom. The van der Waals surface area contributed by atoms with Gasteiger partial charge in [-0.25, -0.2) is 0 Å². The third-order valence-corrected chi connectivity index (χ3v) is 7.19. The number of anilines is 1. The summed E-state index contributed by atoms with van der Waals surface area (Å²) in [5.41, 5.74) is 4.16. The predicted molar refractivity (Wildman–Crippen MR) is 153 cm³/mol. The Morgan fingerprint density at radius 1 is 0.857 bits per heavy atom. The van der Waals surface area contributed by atoms with E-state index in [1.165, 1.54) is 12.1 Å². The van der Waals surface area contributed by atoms with Crippen LogP contribution in [-0.2, 0) is 4.74 Å². The molecule has 0 atom stereocenters. The Labute approximate surface area is 241 Å². The summed E-state index contributed by atoms with van der Waals surface area (Å²) in [5, 5.41) is 33.0. The van der Waals surface area contributed by atoms with Crippen molar-refractivity contribution in [1.82, 2.24) is 10.3 Å². The first-order valence-corrected chi connectivity index (χ1v) is 13.5. The Bertz CT molecular complexity index is 1540. The molecular formula is C29H32FN5O7. The second kappa shape index (κ2) is 13.3. The molecule has 0 bridgehead atoms. The van der Waals surface area contributed by atoms with E-state index in [4.69, 9.17) is 13.8 Å². The smallest absolute Gasteiger partial charge is 0.305 e. The third kappa shape index (κ3) is 6.97. The number of aryl methyl sites for hydroxylation is 4. The molecule has 1 N–H and O–H groups in total. The first kappa shape index (κ1) is 30.3. The third-order valence-electron chi connectivity index (χ3n) is 7.19. The molecule has 0 spiro atoms. The van der Waals surface area contributed by atoms with E-state index in [1.807, 2.05) is 13.0 Å². The highest BCUT2D eigenvalue weighted by atomic mass is 19.1. The van der Waals surface area contributed by atoms with Crippen molar-refractivity contribution in [3.63, 3.8) is 0 Å². The van der Waals surface area contributed by atoms with Crippen LogP contribution >= 0.6 is 0 Å². The van der Waals surface area contributed by atoms with Crippen LogP contribution in [0.3, 0.4) is 0 Å². The van der Waals surface area contributed by atoms with Crippen LogP contribution in [0.4, 0.5) is 21.5 Å². The highest BCUT2D eigenvalue weighted by Gasteiger charge is 2.21. The molecule has 1 aliphatic rings. The van der Waals surface area contributed by atoms with Crippen LogP contribution in [0.15, 0.2) is 45.4 Å². The van der Waals surface area contributed by atoms with Crippen molar-refractivity contribution >= 4 is 17.1 Å². The first-order valence-electron chi connectivity index (χ1n) is 13.5. The zero-order valence-corrected chi connectivity index (χ0v) is 23.8. The molecule has 4 aromatic rings. The van der Waals surface area contributed by atoms with Gasteiger partial charge >= 0.3 is 5.69 Å².